The third-order valence-electron chi connectivity index (χ3n) is 9.44. The number of likely N-dealkylation sites (tertiary alicyclic amines) is 1. The van der Waals surface area contributed by atoms with Crippen LogP contribution in [-0.2, 0) is 28.7 Å². The monoisotopic (exact) mass is 647 g/mol. The minimum absolute atomic E-state index is 0.0493. The van der Waals surface area contributed by atoms with Gasteiger partial charge in [-0.3, -0.25) is 19.2 Å². The number of hydrogen-bond acceptors (Lipinski definition) is 7. The molecule has 3 amide bonds. The summed E-state index contributed by atoms with van der Waals surface area (Å²) < 4.78 is 12.6. The van der Waals surface area contributed by atoms with Gasteiger partial charge < -0.3 is 29.7 Å². The summed E-state index contributed by atoms with van der Waals surface area (Å²) in [6.07, 6.45) is 6.12. The van der Waals surface area contributed by atoms with Gasteiger partial charge in [0.05, 0.1) is 31.2 Å². The van der Waals surface area contributed by atoms with Crippen molar-refractivity contribution in [2.45, 2.75) is 56.6 Å². The van der Waals surface area contributed by atoms with E-state index in [2.05, 4.69) is 5.32 Å². The van der Waals surface area contributed by atoms with Crippen LogP contribution in [0.5, 0.6) is 0 Å². The summed E-state index contributed by atoms with van der Waals surface area (Å²) in [6.45, 7) is 3.56. The second kappa shape index (κ2) is 13.0. The van der Waals surface area contributed by atoms with E-state index in [4.69, 9.17) is 21.1 Å². The number of nitrogens with zero attached hydrogens (tertiary/aromatic N) is 2. The first kappa shape index (κ1) is 32.0. The van der Waals surface area contributed by atoms with Gasteiger partial charge >= 0.3 is 5.97 Å². The Labute approximate surface area is 273 Å². The highest BCUT2D eigenvalue weighted by Gasteiger charge is 2.74. The third-order valence-corrected chi connectivity index (χ3v) is 9.70. The highest BCUT2D eigenvalue weighted by Crippen LogP contribution is 2.56. The van der Waals surface area contributed by atoms with E-state index in [1.165, 1.54) is 4.90 Å². The summed E-state index contributed by atoms with van der Waals surface area (Å²) in [7, 11) is 0. The normalized spacial score (nSPS) is 31.2. The number of nitrogens with one attached hydrogen (secondary N) is 1. The molecule has 46 heavy (non-hydrogen) atoms. The van der Waals surface area contributed by atoms with Crippen molar-refractivity contribution in [1.29, 1.82) is 0 Å². The largest absolute Gasteiger partial charge is 0.455 e. The molecule has 7 atom stereocenters. The van der Waals surface area contributed by atoms with E-state index in [9.17, 15) is 24.3 Å². The predicted molar refractivity (Wildman–Crippen MR) is 171 cm³/mol. The molecule has 0 aliphatic carbocycles. The van der Waals surface area contributed by atoms with Crippen molar-refractivity contribution in [1.82, 2.24) is 10.2 Å². The number of anilines is 1. The van der Waals surface area contributed by atoms with Crippen molar-refractivity contribution in [3.8, 4) is 0 Å². The van der Waals surface area contributed by atoms with Gasteiger partial charge in [-0.2, -0.15) is 0 Å². The average molecular weight is 648 g/mol. The third kappa shape index (κ3) is 5.63. The molecule has 11 heteroatoms. The molecule has 4 heterocycles. The number of allylic oxidation sites excluding steroid dienone is 1. The summed E-state index contributed by atoms with van der Waals surface area (Å²) in [4.78, 5) is 59.2. The zero-order valence-corrected chi connectivity index (χ0v) is 26.5. The molecule has 4 aliphatic rings. The molecular weight excluding hydrogens is 610 g/mol. The molecule has 2 saturated heterocycles. The van der Waals surface area contributed by atoms with E-state index in [1.807, 2.05) is 56.3 Å². The van der Waals surface area contributed by atoms with E-state index in [1.54, 1.807) is 41.3 Å². The summed E-state index contributed by atoms with van der Waals surface area (Å²) >= 11 is 6.18. The SMILES string of the molecule is CC(C)[C@H](CO)N1C(=O)[C@@H]2[C@H]3C(=O)O[C@@H](c4ccccc4)CNC(=O)CC/C=C\CN(c4ccc(Cl)cc4)C(=O)[C@@H]1[C@]21C=C[C@H]3O1. The van der Waals surface area contributed by atoms with Crippen LogP contribution in [0.4, 0.5) is 5.69 Å². The Morgan fingerprint density at radius 3 is 2.46 bits per heavy atom. The van der Waals surface area contributed by atoms with E-state index >= 15 is 0 Å². The van der Waals surface area contributed by atoms with Crippen molar-refractivity contribution in [3.63, 3.8) is 0 Å². The lowest BCUT2D eigenvalue weighted by Crippen LogP contribution is -2.59. The van der Waals surface area contributed by atoms with Crippen molar-refractivity contribution in [2.75, 3.05) is 24.6 Å². The van der Waals surface area contributed by atoms with Crippen LogP contribution >= 0.6 is 11.6 Å². The molecule has 5 bridgehead atoms. The predicted octanol–water partition coefficient (Wildman–Crippen LogP) is 3.59. The molecule has 0 aromatic heterocycles. The lowest BCUT2D eigenvalue weighted by molar-refractivity contribution is -0.160. The number of carbonyl (C=O) groups is 4. The summed E-state index contributed by atoms with van der Waals surface area (Å²) in [6, 6.07) is 14.0. The number of aliphatic hydroxyl groups is 1. The topological polar surface area (TPSA) is 125 Å². The van der Waals surface area contributed by atoms with E-state index in [-0.39, 0.29) is 37.9 Å². The van der Waals surface area contributed by atoms with E-state index in [0.717, 1.165) is 0 Å². The van der Waals surface area contributed by atoms with Gasteiger partial charge in [-0.15, -0.1) is 0 Å². The Balaban J connectivity index is 1.46. The lowest BCUT2D eigenvalue weighted by atomic mass is 9.74. The van der Waals surface area contributed by atoms with Crippen LogP contribution < -0.4 is 10.2 Å². The molecule has 4 aliphatic heterocycles. The van der Waals surface area contributed by atoms with Crippen LogP contribution in [0.1, 0.15) is 38.4 Å². The molecule has 10 nitrogen and oxygen atoms in total. The average Bonchev–Trinajstić information content (AvgIpc) is 3.69. The minimum atomic E-state index is -1.45. The number of hydrogen-bond donors (Lipinski definition) is 2. The maximum absolute atomic E-state index is 14.9. The van der Waals surface area contributed by atoms with Crippen LogP contribution in [0.2, 0.25) is 5.02 Å². The number of cyclic esters (lactones) is 1. The number of rotatable bonds is 5. The van der Waals surface area contributed by atoms with Gasteiger partial charge in [-0.1, -0.05) is 80.1 Å². The van der Waals surface area contributed by atoms with Crippen molar-refractivity contribution >= 4 is 41.0 Å². The number of amides is 3. The smallest absolute Gasteiger partial charge is 0.313 e. The van der Waals surface area contributed by atoms with Crippen LogP contribution in [-0.4, -0.2) is 77.2 Å². The van der Waals surface area contributed by atoms with Gasteiger partial charge in [0.25, 0.3) is 5.91 Å². The lowest BCUT2D eigenvalue weighted by Gasteiger charge is -2.40. The van der Waals surface area contributed by atoms with Gasteiger partial charge in [0.1, 0.15) is 23.7 Å². The van der Waals surface area contributed by atoms with Gasteiger partial charge in [0.2, 0.25) is 11.8 Å². The quantitative estimate of drug-likeness (QED) is 0.375. The van der Waals surface area contributed by atoms with Crippen molar-refractivity contribution in [2.24, 2.45) is 17.8 Å². The standard InChI is InChI=1S/C35H38ClN3O7/c1-21(2)25(20-40)39-31-33(43)38(24-14-12-23(36)13-15-24)18-8-4-7-11-28(41)37-19-27(22-9-5-3-6-10-22)45-34(44)29-26-16-17-35(31,46-26)30(29)32(39)42/h3-6,8-10,12-17,21,25-27,29-31,40H,7,11,18-20H2,1-2H3,(H,37,41)/b8-4-/t25-,26+,27+,29-,30-,31+,35-/m0/s1. The molecule has 2 aromatic rings. The molecule has 0 saturated carbocycles. The Bertz CT molecular complexity index is 1540. The zero-order valence-electron chi connectivity index (χ0n) is 25.8. The molecule has 2 fully saturated rings. The summed E-state index contributed by atoms with van der Waals surface area (Å²) in [5, 5.41) is 13.9. The molecule has 1 spiro atoms. The van der Waals surface area contributed by atoms with E-state index < -0.39 is 59.5 Å². The van der Waals surface area contributed by atoms with Crippen LogP contribution in [0.15, 0.2) is 78.9 Å². The highest BCUT2D eigenvalue weighted by atomic mass is 35.5. The number of aliphatic hydroxyl groups excluding tert-OH is 1. The molecule has 2 aromatic carbocycles. The number of benzene rings is 2. The molecular formula is C35H38ClN3O7. The van der Waals surface area contributed by atoms with Crippen LogP contribution in [0.25, 0.3) is 0 Å². The molecule has 242 valence electrons. The number of fused-ring (bicyclic) bond motifs is 2. The molecule has 6 rings (SSSR count). The zero-order chi connectivity index (χ0) is 32.6. The first-order valence-corrected chi connectivity index (χ1v) is 16.1. The fourth-order valence-corrected chi connectivity index (χ4v) is 7.27. The maximum atomic E-state index is 14.9. The highest BCUT2D eigenvalue weighted by molar-refractivity contribution is 6.30. The summed E-state index contributed by atoms with van der Waals surface area (Å²) in [5.41, 5.74) is -0.219. The number of esters is 1. The van der Waals surface area contributed by atoms with Gasteiger partial charge in [0, 0.05) is 23.7 Å². The number of carbonyl (C=O) groups excluding carboxylic acids is 4. The first-order chi connectivity index (χ1) is 22.2. The fourth-order valence-electron chi connectivity index (χ4n) is 7.15. The fraction of sp³-hybridized carbons (Fsp3) is 0.429. The number of ether oxygens (including phenoxy) is 2. The van der Waals surface area contributed by atoms with Crippen molar-refractivity contribution in [3.05, 3.63) is 89.5 Å². The maximum Gasteiger partial charge on any atom is 0.313 e. The minimum Gasteiger partial charge on any atom is -0.455 e. The Morgan fingerprint density at radius 1 is 1.02 bits per heavy atom. The molecule has 0 unspecified atom stereocenters. The van der Waals surface area contributed by atoms with Gasteiger partial charge in [-0.05, 0) is 42.2 Å². The van der Waals surface area contributed by atoms with E-state index in [0.29, 0.717) is 22.7 Å². The van der Waals surface area contributed by atoms with Gasteiger partial charge in [-0.25, -0.2) is 0 Å². The number of halogens is 1. The Kier molecular flexibility index (Phi) is 9.05. The second-order valence-electron chi connectivity index (χ2n) is 12.5. The first-order valence-electron chi connectivity index (χ1n) is 15.7. The Hall–Kier alpha value is -3.99. The molecule has 2 N–H and O–H groups in total. The van der Waals surface area contributed by atoms with Crippen molar-refractivity contribution < 1.29 is 33.8 Å². The second-order valence-corrected chi connectivity index (χ2v) is 13.0. The molecule has 0 radical (unpaired) electrons. The van der Waals surface area contributed by atoms with Gasteiger partial charge in [0.15, 0.2) is 0 Å². The Morgan fingerprint density at radius 2 is 1.76 bits per heavy atom. The summed E-state index contributed by atoms with van der Waals surface area (Å²) in [5.74, 6) is -4.04. The van der Waals surface area contributed by atoms with Crippen LogP contribution in [0.3, 0.4) is 0 Å². The van der Waals surface area contributed by atoms with Crippen LogP contribution in [0, 0.1) is 17.8 Å².